The Morgan fingerprint density at radius 1 is 1.04 bits per heavy atom. The third kappa shape index (κ3) is 2.46. The molecule has 2 N–H and O–H groups in total. The van der Waals surface area contributed by atoms with E-state index in [1.807, 2.05) is 56.3 Å². The second-order valence-corrected chi connectivity index (χ2v) is 5.51. The molecule has 5 nitrogen and oxygen atoms in total. The number of aromatic nitrogens is 3. The second kappa shape index (κ2) is 5.28. The first-order valence-electron chi connectivity index (χ1n) is 7.46. The van der Waals surface area contributed by atoms with Crippen molar-refractivity contribution in [2.75, 3.05) is 5.32 Å². The van der Waals surface area contributed by atoms with Gasteiger partial charge in [0.15, 0.2) is 0 Å². The molecule has 0 radical (unpaired) electrons. The Hall–Kier alpha value is -3.08. The number of H-pyrrole nitrogens is 1. The molecular formula is C18H16N4O. The summed E-state index contributed by atoms with van der Waals surface area (Å²) in [6, 6.07) is 16.1. The standard InChI is InChI=1S/C18H16N4O/c1-11-17(12(2)23-22-11)13-8-9-15-16(10-13)21-18(20-15)19-14-6-4-3-5-7-14/h3-10H,1-2H3,(H2,19,20,21). The van der Waals surface area contributed by atoms with Gasteiger partial charge in [0.05, 0.1) is 16.7 Å². The Balaban J connectivity index is 1.73. The monoisotopic (exact) mass is 304 g/mol. The van der Waals surface area contributed by atoms with Crippen LogP contribution in [0.4, 0.5) is 11.6 Å². The van der Waals surface area contributed by atoms with Crippen molar-refractivity contribution in [2.24, 2.45) is 0 Å². The van der Waals surface area contributed by atoms with Gasteiger partial charge in [0.1, 0.15) is 5.76 Å². The molecule has 0 amide bonds. The van der Waals surface area contributed by atoms with Crippen LogP contribution in [-0.2, 0) is 0 Å². The third-order valence-corrected chi connectivity index (χ3v) is 3.84. The van der Waals surface area contributed by atoms with Gasteiger partial charge in [-0.3, -0.25) is 0 Å². The van der Waals surface area contributed by atoms with Crippen LogP contribution in [0.25, 0.3) is 22.2 Å². The predicted molar refractivity (Wildman–Crippen MR) is 90.8 cm³/mol. The van der Waals surface area contributed by atoms with Gasteiger partial charge in [0.25, 0.3) is 0 Å². The largest absolute Gasteiger partial charge is 0.361 e. The Morgan fingerprint density at radius 2 is 1.87 bits per heavy atom. The van der Waals surface area contributed by atoms with Gasteiger partial charge < -0.3 is 14.8 Å². The first-order chi connectivity index (χ1) is 11.2. The molecule has 0 unspecified atom stereocenters. The van der Waals surface area contributed by atoms with Crippen molar-refractivity contribution in [1.82, 2.24) is 15.1 Å². The van der Waals surface area contributed by atoms with Crippen molar-refractivity contribution in [1.29, 1.82) is 0 Å². The van der Waals surface area contributed by atoms with Gasteiger partial charge in [0.2, 0.25) is 5.95 Å². The van der Waals surface area contributed by atoms with Gasteiger partial charge in [-0.15, -0.1) is 0 Å². The van der Waals surface area contributed by atoms with E-state index < -0.39 is 0 Å². The maximum absolute atomic E-state index is 5.26. The van der Waals surface area contributed by atoms with Crippen LogP contribution in [0.5, 0.6) is 0 Å². The fourth-order valence-electron chi connectivity index (χ4n) is 2.78. The molecule has 0 saturated heterocycles. The van der Waals surface area contributed by atoms with E-state index in [-0.39, 0.29) is 0 Å². The molecular weight excluding hydrogens is 288 g/mol. The van der Waals surface area contributed by atoms with Crippen LogP contribution in [0, 0.1) is 13.8 Å². The summed E-state index contributed by atoms with van der Waals surface area (Å²) < 4.78 is 5.26. The number of para-hydroxylation sites is 1. The molecule has 23 heavy (non-hydrogen) atoms. The summed E-state index contributed by atoms with van der Waals surface area (Å²) in [6.07, 6.45) is 0. The number of rotatable bonds is 3. The number of imidazole rings is 1. The Bertz CT molecular complexity index is 950. The van der Waals surface area contributed by atoms with Gasteiger partial charge in [-0.25, -0.2) is 4.98 Å². The molecule has 114 valence electrons. The van der Waals surface area contributed by atoms with Crippen LogP contribution in [-0.4, -0.2) is 15.1 Å². The molecule has 2 aromatic heterocycles. The number of aryl methyl sites for hydroxylation is 2. The summed E-state index contributed by atoms with van der Waals surface area (Å²) in [7, 11) is 0. The molecule has 0 bridgehead atoms. The minimum absolute atomic E-state index is 0.724. The van der Waals surface area contributed by atoms with Crippen LogP contribution >= 0.6 is 0 Å². The van der Waals surface area contributed by atoms with Gasteiger partial charge in [-0.2, -0.15) is 0 Å². The molecule has 2 heterocycles. The van der Waals surface area contributed by atoms with Crippen molar-refractivity contribution in [3.63, 3.8) is 0 Å². The summed E-state index contributed by atoms with van der Waals surface area (Å²) in [5.74, 6) is 1.55. The van der Waals surface area contributed by atoms with Crippen molar-refractivity contribution in [2.45, 2.75) is 13.8 Å². The number of hydrogen-bond acceptors (Lipinski definition) is 4. The Kier molecular flexibility index (Phi) is 3.12. The lowest BCUT2D eigenvalue weighted by Gasteiger charge is -2.00. The maximum Gasteiger partial charge on any atom is 0.205 e. The normalized spacial score (nSPS) is 11.0. The molecule has 0 saturated carbocycles. The van der Waals surface area contributed by atoms with Crippen LogP contribution in [0.3, 0.4) is 0 Å². The van der Waals surface area contributed by atoms with Gasteiger partial charge in [-0.1, -0.05) is 29.4 Å². The van der Waals surface area contributed by atoms with E-state index in [1.165, 1.54) is 0 Å². The quantitative estimate of drug-likeness (QED) is 0.581. The van der Waals surface area contributed by atoms with Crippen molar-refractivity contribution < 1.29 is 4.52 Å². The molecule has 4 aromatic rings. The van der Waals surface area contributed by atoms with Crippen LogP contribution in [0.1, 0.15) is 11.5 Å². The highest BCUT2D eigenvalue weighted by molar-refractivity contribution is 5.84. The summed E-state index contributed by atoms with van der Waals surface area (Å²) in [4.78, 5) is 7.88. The molecule has 5 heteroatoms. The zero-order chi connectivity index (χ0) is 15.8. The number of nitrogens with one attached hydrogen (secondary N) is 2. The van der Waals surface area contributed by atoms with Crippen molar-refractivity contribution >= 4 is 22.7 Å². The van der Waals surface area contributed by atoms with Crippen molar-refractivity contribution in [3.8, 4) is 11.1 Å². The zero-order valence-electron chi connectivity index (χ0n) is 12.9. The lowest BCUT2D eigenvalue weighted by Crippen LogP contribution is -1.90. The van der Waals surface area contributed by atoms with Crippen molar-refractivity contribution in [3.05, 3.63) is 60.0 Å². The minimum Gasteiger partial charge on any atom is -0.361 e. The number of anilines is 2. The lowest BCUT2D eigenvalue weighted by molar-refractivity contribution is 0.393. The van der Waals surface area contributed by atoms with Crippen LogP contribution in [0.15, 0.2) is 53.1 Å². The molecule has 0 aliphatic carbocycles. The average Bonchev–Trinajstić information content (AvgIpc) is 3.10. The summed E-state index contributed by atoms with van der Waals surface area (Å²) in [5.41, 5.74) is 5.89. The number of benzene rings is 2. The minimum atomic E-state index is 0.724. The highest BCUT2D eigenvalue weighted by Gasteiger charge is 2.13. The number of aromatic amines is 1. The smallest absolute Gasteiger partial charge is 0.205 e. The Morgan fingerprint density at radius 3 is 2.61 bits per heavy atom. The highest BCUT2D eigenvalue weighted by Crippen LogP contribution is 2.29. The molecule has 0 aliphatic rings. The van der Waals surface area contributed by atoms with E-state index in [0.717, 1.165) is 45.3 Å². The molecule has 0 aliphatic heterocycles. The highest BCUT2D eigenvalue weighted by atomic mass is 16.5. The van der Waals surface area contributed by atoms with Crippen LogP contribution < -0.4 is 5.32 Å². The second-order valence-electron chi connectivity index (χ2n) is 5.51. The lowest BCUT2D eigenvalue weighted by atomic mass is 10.0. The first kappa shape index (κ1) is 13.6. The molecule has 0 spiro atoms. The Labute approximate surface area is 133 Å². The number of nitrogens with zero attached hydrogens (tertiary/aromatic N) is 2. The molecule has 0 atom stereocenters. The van der Waals surface area contributed by atoms with Gasteiger partial charge in [0, 0.05) is 11.3 Å². The summed E-state index contributed by atoms with van der Waals surface area (Å²) >= 11 is 0. The van der Waals surface area contributed by atoms with Crippen LogP contribution in [0.2, 0.25) is 0 Å². The topological polar surface area (TPSA) is 66.7 Å². The number of fused-ring (bicyclic) bond motifs is 1. The molecule has 4 rings (SSSR count). The van der Waals surface area contributed by atoms with E-state index in [4.69, 9.17) is 4.52 Å². The van der Waals surface area contributed by atoms with E-state index in [9.17, 15) is 0 Å². The average molecular weight is 304 g/mol. The van der Waals surface area contributed by atoms with Gasteiger partial charge in [-0.05, 0) is 43.7 Å². The van der Waals surface area contributed by atoms with Gasteiger partial charge >= 0.3 is 0 Å². The van der Waals surface area contributed by atoms with E-state index in [1.54, 1.807) is 0 Å². The fourth-order valence-corrected chi connectivity index (χ4v) is 2.78. The fraction of sp³-hybridized carbons (Fsp3) is 0.111. The SMILES string of the molecule is Cc1noc(C)c1-c1ccc2nc(Nc3ccccc3)[nH]c2c1. The maximum atomic E-state index is 5.26. The molecule has 2 aromatic carbocycles. The predicted octanol–water partition coefficient (Wildman–Crippen LogP) is 4.58. The summed E-state index contributed by atoms with van der Waals surface area (Å²) in [6.45, 7) is 3.88. The van der Waals surface area contributed by atoms with E-state index in [2.05, 4.69) is 26.5 Å². The van der Waals surface area contributed by atoms with E-state index in [0.29, 0.717) is 0 Å². The summed E-state index contributed by atoms with van der Waals surface area (Å²) in [5, 5.41) is 7.29. The first-order valence-corrected chi connectivity index (χ1v) is 7.46. The molecule has 0 fully saturated rings. The zero-order valence-corrected chi connectivity index (χ0v) is 12.9. The number of hydrogen-bond donors (Lipinski definition) is 2. The third-order valence-electron chi connectivity index (χ3n) is 3.84. The van der Waals surface area contributed by atoms with E-state index >= 15 is 0 Å².